The van der Waals surface area contributed by atoms with Gasteiger partial charge in [-0.1, -0.05) is 38.8 Å². The maximum absolute atomic E-state index is 12.7. The molecule has 2 atom stereocenters. The molecule has 3 N–H and O–H groups in total. The topological polar surface area (TPSA) is 122 Å². The van der Waals surface area contributed by atoms with Crippen LogP contribution in [0.5, 0.6) is 5.75 Å². The number of aromatic hydroxyl groups is 1. The molecule has 8 nitrogen and oxygen atoms in total. The second-order valence-corrected chi connectivity index (χ2v) is 7.90. The highest BCUT2D eigenvalue weighted by Gasteiger charge is 2.26. The van der Waals surface area contributed by atoms with Crippen LogP contribution in [0.15, 0.2) is 24.3 Å². The number of rotatable bonds is 14. The van der Waals surface area contributed by atoms with Crippen molar-refractivity contribution in [3.63, 3.8) is 0 Å². The number of esters is 1. The molecule has 0 saturated heterocycles. The van der Waals surface area contributed by atoms with E-state index in [1.807, 2.05) is 13.8 Å². The minimum absolute atomic E-state index is 0.126. The highest BCUT2D eigenvalue weighted by Crippen LogP contribution is 2.12. The molecule has 1 aromatic carbocycles. The number of carbonyl (C=O) groups is 4. The zero-order chi connectivity index (χ0) is 23.2. The van der Waals surface area contributed by atoms with E-state index in [2.05, 4.69) is 15.4 Å². The van der Waals surface area contributed by atoms with Crippen LogP contribution in [0.1, 0.15) is 57.9 Å². The molecule has 0 aliphatic heterocycles. The zero-order valence-corrected chi connectivity index (χ0v) is 18.6. The molecule has 0 fully saturated rings. The Morgan fingerprint density at radius 2 is 1.61 bits per heavy atom. The third-order valence-corrected chi connectivity index (χ3v) is 4.91. The van der Waals surface area contributed by atoms with Crippen molar-refractivity contribution < 1.29 is 29.0 Å². The van der Waals surface area contributed by atoms with Gasteiger partial charge in [0.1, 0.15) is 18.1 Å². The van der Waals surface area contributed by atoms with Gasteiger partial charge >= 0.3 is 5.97 Å². The van der Waals surface area contributed by atoms with Gasteiger partial charge in [-0.15, -0.1) is 0 Å². The van der Waals surface area contributed by atoms with E-state index in [0.29, 0.717) is 32.0 Å². The monoisotopic (exact) mass is 434 g/mol. The Kier molecular flexibility index (Phi) is 11.9. The van der Waals surface area contributed by atoms with E-state index in [1.165, 1.54) is 19.2 Å². The lowest BCUT2D eigenvalue weighted by atomic mass is 10.0. The highest BCUT2D eigenvalue weighted by molar-refractivity contribution is 5.89. The Hall–Kier alpha value is -2.90. The van der Waals surface area contributed by atoms with Crippen LogP contribution < -0.4 is 10.6 Å². The molecule has 2 amide bonds. The van der Waals surface area contributed by atoms with E-state index in [-0.39, 0.29) is 23.5 Å². The fraction of sp³-hybridized carbons (Fsp3) is 0.565. The van der Waals surface area contributed by atoms with Crippen LogP contribution in [0.2, 0.25) is 0 Å². The second-order valence-electron chi connectivity index (χ2n) is 7.90. The fourth-order valence-corrected chi connectivity index (χ4v) is 3.08. The molecular weight excluding hydrogens is 400 g/mol. The third kappa shape index (κ3) is 10.6. The van der Waals surface area contributed by atoms with Crippen molar-refractivity contribution in [2.45, 2.75) is 70.9 Å². The van der Waals surface area contributed by atoms with Gasteiger partial charge in [-0.3, -0.25) is 14.4 Å². The number of carbonyl (C=O) groups excluding carboxylic acids is 4. The molecule has 0 aliphatic rings. The van der Waals surface area contributed by atoms with Crippen molar-refractivity contribution in [1.29, 1.82) is 0 Å². The summed E-state index contributed by atoms with van der Waals surface area (Å²) in [5, 5.41) is 14.8. The molecule has 1 aromatic rings. The summed E-state index contributed by atoms with van der Waals surface area (Å²) in [6.07, 6.45) is 4.64. The normalized spacial score (nSPS) is 12.6. The molecule has 0 aliphatic carbocycles. The van der Waals surface area contributed by atoms with Crippen LogP contribution in [0, 0.1) is 5.92 Å². The lowest BCUT2D eigenvalue weighted by Crippen LogP contribution is -2.52. The van der Waals surface area contributed by atoms with E-state index < -0.39 is 18.0 Å². The van der Waals surface area contributed by atoms with Crippen LogP contribution >= 0.6 is 0 Å². The number of hydrogen-bond donors (Lipinski definition) is 3. The zero-order valence-electron chi connectivity index (χ0n) is 18.6. The van der Waals surface area contributed by atoms with Crippen molar-refractivity contribution >= 4 is 24.1 Å². The van der Waals surface area contributed by atoms with Gasteiger partial charge in [0.15, 0.2) is 0 Å². The predicted molar refractivity (Wildman–Crippen MR) is 116 cm³/mol. The summed E-state index contributed by atoms with van der Waals surface area (Å²) in [5.41, 5.74) is 0.799. The van der Waals surface area contributed by atoms with Crippen molar-refractivity contribution in [3.8, 4) is 5.75 Å². The Morgan fingerprint density at radius 1 is 1.00 bits per heavy atom. The van der Waals surface area contributed by atoms with Crippen molar-refractivity contribution in [3.05, 3.63) is 29.8 Å². The molecule has 1 rings (SSSR count). The van der Waals surface area contributed by atoms with Gasteiger partial charge in [0.2, 0.25) is 11.8 Å². The van der Waals surface area contributed by atoms with E-state index in [9.17, 15) is 24.3 Å². The molecular formula is C23H34N2O6. The van der Waals surface area contributed by atoms with E-state index in [0.717, 1.165) is 24.8 Å². The first kappa shape index (κ1) is 26.1. The van der Waals surface area contributed by atoms with E-state index >= 15 is 0 Å². The molecule has 0 spiro atoms. The number of phenolic OH excluding ortho intramolecular Hbond substituents is 1. The SMILES string of the molecule is COC(=O)CCCCCCC(=O)NC(C(=O)NC(C=O)Cc1ccc(O)cc1)C(C)C. The minimum atomic E-state index is -0.742. The first-order valence-corrected chi connectivity index (χ1v) is 10.7. The number of unbranched alkanes of at least 4 members (excludes halogenated alkanes) is 3. The van der Waals surface area contributed by atoms with Crippen molar-refractivity contribution in [2.24, 2.45) is 5.92 Å². The first-order valence-electron chi connectivity index (χ1n) is 10.7. The van der Waals surface area contributed by atoms with E-state index in [1.54, 1.807) is 12.1 Å². The number of hydrogen-bond acceptors (Lipinski definition) is 6. The van der Waals surface area contributed by atoms with Crippen LogP contribution in [-0.4, -0.2) is 48.4 Å². The Labute approximate surface area is 183 Å². The lowest BCUT2D eigenvalue weighted by Gasteiger charge is -2.23. The molecule has 8 heteroatoms. The van der Waals surface area contributed by atoms with Crippen molar-refractivity contribution in [1.82, 2.24) is 10.6 Å². The van der Waals surface area contributed by atoms with Crippen LogP contribution in [-0.2, 0) is 30.3 Å². The molecule has 0 heterocycles. The number of benzene rings is 1. The maximum Gasteiger partial charge on any atom is 0.305 e. The standard InChI is InChI=1S/C23H34N2O6/c1-16(2)22(25-20(28)8-6-4-5-7-9-21(29)31-3)23(30)24-18(15-26)14-17-10-12-19(27)13-11-17/h10-13,15-16,18,22,27H,4-9,14H2,1-3H3,(H,24,30)(H,25,28). The van der Waals surface area contributed by atoms with Crippen molar-refractivity contribution in [2.75, 3.05) is 7.11 Å². The number of phenols is 1. The minimum Gasteiger partial charge on any atom is -0.508 e. The molecule has 172 valence electrons. The summed E-state index contributed by atoms with van der Waals surface area (Å²) >= 11 is 0. The number of ether oxygens (including phenoxy) is 1. The van der Waals surface area contributed by atoms with Gasteiger partial charge in [0.25, 0.3) is 0 Å². The Balaban J connectivity index is 2.46. The third-order valence-electron chi connectivity index (χ3n) is 4.91. The number of nitrogens with one attached hydrogen (secondary N) is 2. The lowest BCUT2D eigenvalue weighted by molar-refractivity contribution is -0.140. The molecule has 31 heavy (non-hydrogen) atoms. The molecule has 0 aromatic heterocycles. The second kappa shape index (κ2) is 14.2. The summed E-state index contributed by atoms with van der Waals surface area (Å²) in [6, 6.07) is 4.94. The van der Waals surface area contributed by atoms with Gasteiger partial charge in [0.05, 0.1) is 13.2 Å². The molecule has 0 saturated carbocycles. The summed E-state index contributed by atoms with van der Waals surface area (Å²) in [4.78, 5) is 47.4. The highest BCUT2D eigenvalue weighted by atomic mass is 16.5. The maximum atomic E-state index is 12.7. The largest absolute Gasteiger partial charge is 0.508 e. The van der Waals surface area contributed by atoms with Crippen LogP contribution in [0.3, 0.4) is 0 Å². The van der Waals surface area contributed by atoms with Gasteiger partial charge < -0.3 is 25.3 Å². The van der Waals surface area contributed by atoms with Gasteiger partial charge in [-0.25, -0.2) is 0 Å². The molecule has 2 unspecified atom stereocenters. The summed E-state index contributed by atoms with van der Waals surface area (Å²) in [6.45, 7) is 3.65. The van der Waals surface area contributed by atoms with Gasteiger partial charge in [0, 0.05) is 12.8 Å². The smallest absolute Gasteiger partial charge is 0.305 e. The number of methoxy groups -OCH3 is 1. The van der Waals surface area contributed by atoms with Crippen LogP contribution in [0.4, 0.5) is 0 Å². The quantitative estimate of drug-likeness (QED) is 0.235. The summed E-state index contributed by atoms with van der Waals surface area (Å²) in [5.74, 6) is -0.880. The van der Waals surface area contributed by atoms with Crippen LogP contribution in [0.25, 0.3) is 0 Å². The average Bonchev–Trinajstić information content (AvgIpc) is 2.74. The number of aldehydes is 1. The summed E-state index contributed by atoms with van der Waals surface area (Å²) < 4.78 is 4.58. The summed E-state index contributed by atoms with van der Waals surface area (Å²) in [7, 11) is 1.36. The fourth-order valence-electron chi connectivity index (χ4n) is 3.08. The molecule has 0 bridgehead atoms. The Bertz CT molecular complexity index is 717. The average molecular weight is 435 g/mol. The van der Waals surface area contributed by atoms with Gasteiger partial charge in [-0.05, 0) is 42.9 Å². The number of amides is 2. The van der Waals surface area contributed by atoms with E-state index in [4.69, 9.17) is 0 Å². The Morgan fingerprint density at radius 3 is 2.16 bits per heavy atom. The van der Waals surface area contributed by atoms with Gasteiger partial charge in [-0.2, -0.15) is 0 Å². The first-order chi connectivity index (χ1) is 14.8. The molecule has 0 radical (unpaired) electrons. The predicted octanol–water partition coefficient (Wildman–Crippen LogP) is 2.27.